The maximum Gasteiger partial charge on any atom is 0.321 e. The fourth-order valence-electron chi connectivity index (χ4n) is 1.44. The highest BCUT2D eigenvalue weighted by Crippen LogP contribution is 2.21. The van der Waals surface area contributed by atoms with Crippen LogP contribution in [0.25, 0.3) is 10.9 Å². The average molecular weight is 230 g/mol. The highest BCUT2D eigenvalue weighted by atomic mass is 35.5. The van der Waals surface area contributed by atoms with Crippen LogP contribution in [-0.2, 0) is 0 Å². The zero-order valence-electron chi connectivity index (χ0n) is 7.45. The minimum absolute atomic E-state index is 0.182. The first-order chi connectivity index (χ1) is 7.09. The fourth-order valence-corrected chi connectivity index (χ4v) is 1.62. The molecule has 0 aliphatic carbocycles. The largest absolute Gasteiger partial charge is 0.321 e. The Kier molecular flexibility index (Phi) is 2.44. The first-order valence-corrected chi connectivity index (χ1v) is 4.56. The van der Waals surface area contributed by atoms with E-state index in [9.17, 15) is 13.6 Å². The summed E-state index contributed by atoms with van der Waals surface area (Å²) in [7, 11) is 0. The summed E-state index contributed by atoms with van der Waals surface area (Å²) in [5, 5.41) is 0.962. The summed E-state index contributed by atoms with van der Waals surface area (Å²) in [5.74, 6) is 0. The van der Waals surface area contributed by atoms with Crippen molar-refractivity contribution in [3.05, 3.63) is 45.7 Å². The number of rotatable bonds is 1. The van der Waals surface area contributed by atoms with E-state index < -0.39 is 12.1 Å². The van der Waals surface area contributed by atoms with Gasteiger partial charge in [-0.15, -0.1) is 0 Å². The van der Waals surface area contributed by atoms with Crippen molar-refractivity contribution in [3.63, 3.8) is 0 Å². The van der Waals surface area contributed by atoms with Crippen LogP contribution in [0, 0.1) is 0 Å². The van der Waals surface area contributed by atoms with Gasteiger partial charge < -0.3 is 0 Å². The number of nitrogens with zero attached hydrogens (tertiary/aromatic N) is 1. The standard InChI is InChI=1S/C10H6ClF2NO/c11-7-2-3-8-6(5-7)1-4-9(15)14(8)10(12)13/h1-5,10H. The third-order valence-electron chi connectivity index (χ3n) is 2.09. The molecule has 1 aromatic carbocycles. The summed E-state index contributed by atoms with van der Waals surface area (Å²) in [6, 6.07) is 7.00. The molecule has 0 fully saturated rings. The number of halogens is 3. The van der Waals surface area contributed by atoms with Gasteiger partial charge >= 0.3 is 6.55 Å². The van der Waals surface area contributed by atoms with E-state index in [1.54, 1.807) is 0 Å². The molecule has 2 nitrogen and oxygen atoms in total. The Labute approximate surface area is 88.7 Å². The van der Waals surface area contributed by atoms with Gasteiger partial charge in [-0.25, -0.2) is 0 Å². The second-order valence-corrected chi connectivity index (χ2v) is 3.46. The van der Waals surface area contributed by atoms with E-state index in [1.165, 1.54) is 24.3 Å². The summed E-state index contributed by atoms with van der Waals surface area (Å²) in [4.78, 5) is 11.2. The van der Waals surface area contributed by atoms with Gasteiger partial charge in [-0.05, 0) is 24.3 Å². The molecule has 0 atom stereocenters. The minimum Gasteiger partial charge on any atom is -0.269 e. The molecule has 15 heavy (non-hydrogen) atoms. The lowest BCUT2D eigenvalue weighted by atomic mass is 10.2. The highest BCUT2D eigenvalue weighted by molar-refractivity contribution is 6.31. The van der Waals surface area contributed by atoms with Crippen molar-refractivity contribution in [1.82, 2.24) is 4.57 Å². The third kappa shape index (κ3) is 1.72. The van der Waals surface area contributed by atoms with Crippen molar-refractivity contribution in [2.24, 2.45) is 0 Å². The molecule has 2 aromatic rings. The number of fused-ring (bicyclic) bond motifs is 1. The predicted molar refractivity (Wildman–Crippen MR) is 54.5 cm³/mol. The van der Waals surface area contributed by atoms with Crippen LogP contribution in [-0.4, -0.2) is 4.57 Å². The molecule has 0 radical (unpaired) electrons. The molecule has 1 aromatic heterocycles. The van der Waals surface area contributed by atoms with Gasteiger partial charge in [0.2, 0.25) is 0 Å². The average Bonchev–Trinajstić information content (AvgIpc) is 2.17. The Morgan fingerprint density at radius 2 is 1.93 bits per heavy atom. The number of benzene rings is 1. The number of aromatic nitrogens is 1. The molecular weight excluding hydrogens is 224 g/mol. The lowest BCUT2D eigenvalue weighted by Crippen LogP contribution is -2.19. The van der Waals surface area contributed by atoms with Crippen molar-refractivity contribution >= 4 is 22.5 Å². The summed E-state index contributed by atoms with van der Waals surface area (Å²) in [6.07, 6.45) is 0. The topological polar surface area (TPSA) is 22.0 Å². The number of alkyl halides is 2. The monoisotopic (exact) mass is 229 g/mol. The van der Waals surface area contributed by atoms with Gasteiger partial charge in [0.15, 0.2) is 0 Å². The SMILES string of the molecule is O=c1ccc2cc(Cl)ccc2n1C(F)F. The summed E-state index contributed by atoms with van der Waals surface area (Å²) in [5.41, 5.74) is -0.540. The first kappa shape index (κ1) is 10.1. The number of hydrogen-bond donors (Lipinski definition) is 0. The van der Waals surface area contributed by atoms with E-state index in [0.717, 1.165) is 6.07 Å². The molecule has 0 unspecified atom stereocenters. The Balaban J connectivity index is 2.88. The molecular formula is C10H6ClF2NO. The molecule has 78 valence electrons. The number of hydrogen-bond acceptors (Lipinski definition) is 1. The maximum absolute atomic E-state index is 12.6. The van der Waals surface area contributed by atoms with Crippen molar-refractivity contribution in [2.45, 2.75) is 6.55 Å². The van der Waals surface area contributed by atoms with Crippen LogP contribution in [0.4, 0.5) is 8.78 Å². The minimum atomic E-state index is -2.85. The van der Waals surface area contributed by atoms with Gasteiger partial charge in [0.05, 0.1) is 5.52 Å². The molecule has 1 heterocycles. The Morgan fingerprint density at radius 3 is 2.60 bits per heavy atom. The van der Waals surface area contributed by atoms with Crippen LogP contribution in [0.1, 0.15) is 6.55 Å². The van der Waals surface area contributed by atoms with Gasteiger partial charge in [0.25, 0.3) is 5.56 Å². The normalized spacial score (nSPS) is 11.2. The summed E-state index contributed by atoms with van der Waals surface area (Å²) >= 11 is 5.72. The summed E-state index contributed by atoms with van der Waals surface area (Å²) in [6.45, 7) is -2.85. The number of pyridine rings is 1. The zero-order valence-corrected chi connectivity index (χ0v) is 8.21. The fraction of sp³-hybridized carbons (Fsp3) is 0.100. The van der Waals surface area contributed by atoms with Crippen LogP contribution < -0.4 is 5.56 Å². The van der Waals surface area contributed by atoms with Gasteiger partial charge in [-0.3, -0.25) is 9.36 Å². The van der Waals surface area contributed by atoms with Crippen molar-refractivity contribution in [3.8, 4) is 0 Å². The molecule has 2 rings (SSSR count). The summed E-state index contributed by atoms with van der Waals surface area (Å²) < 4.78 is 25.6. The predicted octanol–water partition coefficient (Wildman–Crippen LogP) is 3.05. The van der Waals surface area contributed by atoms with E-state index in [4.69, 9.17) is 11.6 Å². The quantitative estimate of drug-likeness (QED) is 0.737. The molecule has 0 spiro atoms. The van der Waals surface area contributed by atoms with E-state index >= 15 is 0 Å². The Morgan fingerprint density at radius 1 is 1.20 bits per heavy atom. The van der Waals surface area contributed by atoms with Crippen LogP contribution in [0.15, 0.2) is 35.1 Å². The maximum atomic E-state index is 12.6. The highest BCUT2D eigenvalue weighted by Gasteiger charge is 2.11. The lowest BCUT2D eigenvalue weighted by molar-refractivity contribution is 0.0714. The molecule has 0 saturated heterocycles. The second-order valence-electron chi connectivity index (χ2n) is 3.02. The zero-order chi connectivity index (χ0) is 11.0. The van der Waals surface area contributed by atoms with Crippen molar-refractivity contribution in [1.29, 1.82) is 0 Å². The van der Waals surface area contributed by atoms with Crippen molar-refractivity contribution < 1.29 is 8.78 Å². The molecule has 0 N–H and O–H groups in total. The third-order valence-corrected chi connectivity index (χ3v) is 2.32. The van der Waals surface area contributed by atoms with E-state index in [0.29, 0.717) is 15.0 Å². The molecule has 0 aliphatic heterocycles. The van der Waals surface area contributed by atoms with E-state index in [2.05, 4.69) is 0 Å². The van der Waals surface area contributed by atoms with E-state index in [1.807, 2.05) is 0 Å². The molecule has 0 aliphatic rings. The molecule has 0 amide bonds. The Bertz CT molecular complexity index is 565. The van der Waals surface area contributed by atoms with Crippen LogP contribution in [0.5, 0.6) is 0 Å². The van der Waals surface area contributed by atoms with Crippen LogP contribution in [0.3, 0.4) is 0 Å². The lowest BCUT2D eigenvalue weighted by Gasteiger charge is -2.08. The molecule has 5 heteroatoms. The molecule has 0 bridgehead atoms. The van der Waals surface area contributed by atoms with Gasteiger partial charge in [-0.1, -0.05) is 11.6 Å². The van der Waals surface area contributed by atoms with Crippen molar-refractivity contribution in [2.75, 3.05) is 0 Å². The first-order valence-electron chi connectivity index (χ1n) is 4.18. The smallest absolute Gasteiger partial charge is 0.269 e. The van der Waals surface area contributed by atoms with Gasteiger partial charge in [0.1, 0.15) is 0 Å². The van der Waals surface area contributed by atoms with E-state index in [-0.39, 0.29) is 5.52 Å². The van der Waals surface area contributed by atoms with Gasteiger partial charge in [-0.2, -0.15) is 8.78 Å². The van der Waals surface area contributed by atoms with Gasteiger partial charge in [0, 0.05) is 16.5 Å². The van der Waals surface area contributed by atoms with Crippen LogP contribution in [0.2, 0.25) is 5.02 Å². The second kappa shape index (κ2) is 3.62. The van der Waals surface area contributed by atoms with Crippen LogP contribution >= 0.6 is 11.6 Å². The Hall–Kier alpha value is -1.42. The molecule has 0 saturated carbocycles.